The fraction of sp³-hybridized carbons (Fsp3) is 0.333. The lowest BCUT2D eigenvalue weighted by atomic mass is 9.97. The van der Waals surface area contributed by atoms with Gasteiger partial charge < -0.3 is 26.6 Å². The summed E-state index contributed by atoms with van der Waals surface area (Å²) in [7, 11) is 1.98. The first kappa shape index (κ1) is 34.4. The van der Waals surface area contributed by atoms with Crippen molar-refractivity contribution in [3.05, 3.63) is 71.4 Å². The van der Waals surface area contributed by atoms with Gasteiger partial charge in [-0.3, -0.25) is 9.69 Å². The largest absolute Gasteiger partial charge is 0.416 e. The number of anilines is 3. The lowest BCUT2D eigenvalue weighted by molar-refractivity contribution is -0.138. The first-order valence-corrected chi connectivity index (χ1v) is 14.5. The molecule has 2 aromatic heterocycles. The van der Waals surface area contributed by atoms with Gasteiger partial charge in [-0.05, 0) is 48.5 Å². The second-order valence-corrected chi connectivity index (χ2v) is 11.2. The molecule has 0 saturated carbocycles. The number of aromatic nitrogens is 3. The van der Waals surface area contributed by atoms with Crippen LogP contribution in [-0.2, 0) is 23.9 Å². The number of nitrogen functional groups attached to an aromatic ring is 1. The molecule has 0 atom stereocenters. The fourth-order valence-electron chi connectivity index (χ4n) is 5.33. The number of likely N-dealkylation sites (N-methyl/N-ethyl adjacent to an activating group) is 1. The molecule has 3 amide bonds. The summed E-state index contributed by atoms with van der Waals surface area (Å²) in [6.07, 6.45) is -8.59. The molecule has 4 aromatic rings. The van der Waals surface area contributed by atoms with Crippen molar-refractivity contribution in [1.29, 1.82) is 0 Å². The second-order valence-electron chi connectivity index (χ2n) is 11.2. The van der Waals surface area contributed by atoms with Gasteiger partial charge in [0.05, 0.1) is 23.4 Å². The highest BCUT2D eigenvalue weighted by Gasteiger charge is 2.32. The molecule has 256 valence electrons. The Morgan fingerprint density at radius 3 is 2.29 bits per heavy atom. The molecule has 48 heavy (non-hydrogen) atoms. The number of nitrogens with one attached hydrogen (secondary N) is 3. The van der Waals surface area contributed by atoms with Gasteiger partial charge in [0, 0.05) is 44.0 Å². The van der Waals surface area contributed by atoms with Crippen LogP contribution in [0.15, 0.2) is 48.8 Å². The van der Waals surface area contributed by atoms with Crippen LogP contribution in [0.25, 0.3) is 16.6 Å². The van der Waals surface area contributed by atoms with Crippen molar-refractivity contribution in [3.8, 4) is 11.1 Å². The third-order valence-corrected chi connectivity index (χ3v) is 7.73. The molecule has 11 nitrogen and oxygen atoms in total. The SMILES string of the molecule is CN1CCN(Cc2c(CC(=O)NCC(F)(F)F)c(-c3ccc(NC(=O)Nc4cc(C(F)(F)F)ccc4F)cc3)c3c(N)ncnn23)CC1. The van der Waals surface area contributed by atoms with Crippen LogP contribution in [0.3, 0.4) is 0 Å². The van der Waals surface area contributed by atoms with E-state index in [9.17, 15) is 40.3 Å². The standard InChI is InChI=1S/C30H30F7N9O2/c1-44-8-10-45(11-9-44)14-23-20(13-24(47)39-15-29(32,33)34)25(26-27(38)40-16-41-46(23)26)17-2-5-19(6-3-17)42-28(48)43-22-12-18(30(35,36)37)4-7-21(22)31/h2-7,12,16H,8-11,13-15H2,1H3,(H,39,47)(H2,38,40,41)(H2,42,43,48). The van der Waals surface area contributed by atoms with E-state index in [0.29, 0.717) is 65.7 Å². The predicted molar refractivity (Wildman–Crippen MR) is 162 cm³/mol. The number of nitrogens with two attached hydrogens (primary N) is 1. The molecule has 0 radical (unpaired) electrons. The Hall–Kier alpha value is -4.97. The number of nitrogens with zero attached hydrogens (tertiary/aromatic N) is 5. The predicted octanol–water partition coefficient (Wildman–Crippen LogP) is 4.75. The van der Waals surface area contributed by atoms with E-state index in [1.807, 2.05) is 12.4 Å². The van der Waals surface area contributed by atoms with E-state index in [2.05, 4.69) is 30.5 Å². The minimum absolute atomic E-state index is 0.0475. The summed E-state index contributed by atoms with van der Waals surface area (Å²) in [5.74, 6) is -1.91. The molecule has 0 aliphatic carbocycles. The van der Waals surface area contributed by atoms with Gasteiger partial charge in [-0.25, -0.2) is 18.7 Å². The van der Waals surface area contributed by atoms with E-state index in [4.69, 9.17) is 5.73 Å². The smallest absolute Gasteiger partial charge is 0.382 e. The van der Waals surface area contributed by atoms with Crippen molar-refractivity contribution >= 4 is 34.6 Å². The van der Waals surface area contributed by atoms with E-state index in [-0.39, 0.29) is 11.5 Å². The Kier molecular flexibility index (Phi) is 9.76. The molecule has 1 aliphatic heterocycles. The quantitative estimate of drug-likeness (QED) is 0.198. The summed E-state index contributed by atoms with van der Waals surface area (Å²) in [6, 6.07) is 6.54. The number of urea groups is 1. The fourth-order valence-corrected chi connectivity index (χ4v) is 5.33. The van der Waals surface area contributed by atoms with Crippen molar-refractivity contribution in [2.24, 2.45) is 0 Å². The molecular formula is C30H30F7N9O2. The van der Waals surface area contributed by atoms with Gasteiger partial charge in [-0.15, -0.1) is 0 Å². The van der Waals surface area contributed by atoms with Crippen LogP contribution in [0.4, 0.5) is 52.7 Å². The Morgan fingerprint density at radius 2 is 1.65 bits per heavy atom. The van der Waals surface area contributed by atoms with Gasteiger partial charge >= 0.3 is 18.4 Å². The maximum Gasteiger partial charge on any atom is 0.416 e. The number of hydrogen-bond donors (Lipinski definition) is 4. The maximum absolute atomic E-state index is 14.1. The van der Waals surface area contributed by atoms with E-state index >= 15 is 0 Å². The van der Waals surface area contributed by atoms with E-state index in [0.717, 1.165) is 13.1 Å². The number of benzene rings is 2. The minimum Gasteiger partial charge on any atom is -0.382 e. The molecule has 5 rings (SSSR count). The number of alkyl halides is 6. The van der Waals surface area contributed by atoms with Crippen molar-refractivity contribution < 1.29 is 40.3 Å². The summed E-state index contributed by atoms with van der Waals surface area (Å²) in [6.45, 7) is 1.71. The zero-order valence-corrected chi connectivity index (χ0v) is 25.3. The molecule has 2 aromatic carbocycles. The van der Waals surface area contributed by atoms with E-state index in [1.54, 1.807) is 12.1 Å². The molecule has 1 aliphatic rings. The Bertz CT molecular complexity index is 1800. The van der Waals surface area contributed by atoms with Gasteiger partial charge in [0.15, 0.2) is 5.82 Å². The highest BCUT2D eigenvalue weighted by atomic mass is 19.4. The number of rotatable bonds is 8. The first-order valence-electron chi connectivity index (χ1n) is 14.5. The number of carbonyl (C=O) groups excluding carboxylic acids is 2. The van der Waals surface area contributed by atoms with Crippen LogP contribution in [0, 0.1) is 5.82 Å². The van der Waals surface area contributed by atoms with Gasteiger partial charge in [0.1, 0.15) is 24.2 Å². The summed E-state index contributed by atoms with van der Waals surface area (Å²) in [5, 5.41) is 10.7. The van der Waals surface area contributed by atoms with Gasteiger partial charge in [0.2, 0.25) is 5.91 Å². The van der Waals surface area contributed by atoms with Crippen LogP contribution in [0.1, 0.15) is 16.8 Å². The topological polar surface area (TPSA) is 133 Å². The highest BCUT2D eigenvalue weighted by Crippen LogP contribution is 2.37. The summed E-state index contributed by atoms with van der Waals surface area (Å²) >= 11 is 0. The van der Waals surface area contributed by atoms with Gasteiger partial charge in [0.25, 0.3) is 0 Å². The molecular weight excluding hydrogens is 651 g/mol. The Morgan fingerprint density at radius 1 is 0.958 bits per heavy atom. The molecule has 0 spiro atoms. The van der Waals surface area contributed by atoms with Crippen molar-refractivity contribution in [3.63, 3.8) is 0 Å². The first-order chi connectivity index (χ1) is 22.6. The molecule has 18 heteroatoms. The molecule has 1 saturated heterocycles. The average molecular weight is 682 g/mol. The normalized spacial score (nSPS) is 14.7. The zero-order chi connectivity index (χ0) is 34.8. The number of piperazine rings is 1. The number of fused-ring (bicyclic) bond motifs is 1. The molecule has 1 fully saturated rings. The lowest BCUT2D eigenvalue weighted by Crippen LogP contribution is -2.44. The summed E-state index contributed by atoms with van der Waals surface area (Å²) in [4.78, 5) is 33.8. The number of carbonyl (C=O) groups is 2. The molecule has 3 heterocycles. The number of amides is 3. The lowest BCUT2D eigenvalue weighted by Gasteiger charge is -2.32. The van der Waals surface area contributed by atoms with Crippen LogP contribution in [0.2, 0.25) is 0 Å². The molecule has 0 unspecified atom stereocenters. The third-order valence-electron chi connectivity index (χ3n) is 7.73. The van der Waals surface area contributed by atoms with Crippen LogP contribution in [-0.4, -0.2) is 82.3 Å². The van der Waals surface area contributed by atoms with Crippen LogP contribution >= 0.6 is 0 Å². The van der Waals surface area contributed by atoms with Crippen molar-refractivity contribution in [1.82, 2.24) is 29.7 Å². The van der Waals surface area contributed by atoms with Crippen LogP contribution in [0.5, 0.6) is 0 Å². The zero-order valence-electron chi connectivity index (χ0n) is 25.3. The minimum atomic E-state index is -4.75. The maximum atomic E-state index is 14.1. The average Bonchev–Trinajstić information content (AvgIpc) is 3.31. The molecule has 5 N–H and O–H groups in total. The van der Waals surface area contributed by atoms with Gasteiger partial charge in [-0.2, -0.15) is 31.4 Å². The monoisotopic (exact) mass is 681 g/mol. The summed E-state index contributed by atoms with van der Waals surface area (Å²) < 4.78 is 93.6. The van der Waals surface area contributed by atoms with Gasteiger partial charge in [-0.1, -0.05) is 12.1 Å². The number of halogens is 7. The van der Waals surface area contributed by atoms with E-state index < -0.39 is 54.3 Å². The Labute approximate surface area is 268 Å². The van der Waals surface area contributed by atoms with E-state index in [1.165, 1.54) is 23.0 Å². The van der Waals surface area contributed by atoms with Crippen molar-refractivity contribution in [2.75, 3.05) is 56.1 Å². The van der Waals surface area contributed by atoms with Crippen molar-refractivity contribution in [2.45, 2.75) is 25.3 Å². The second kappa shape index (κ2) is 13.6. The molecule has 0 bridgehead atoms. The number of hydrogen-bond acceptors (Lipinski definition) is 7. The van der Waals surface area contributed by atoms with Crippen LogP contribution < -0.4 is 21.7 Å². The summed E-state index contributed by atoms with van der Waals surface area (Å²) in [5.41, 5.74) is 6.68. The third kappa shape index (κ3) is 8.11. The Balaban J connectivity index is 1.47. The highest BCUT2D eigenvalue weighted by molar-refractivity contribution is 6.00.